The zero-order chi connectivity index (χ0) is 38.1. The Balaban J connectivity index is 1.43. The molecule has 3 aromatic rings. The highest BCUT2D eigenvalue weighted by Gasteiger charge is 2.41. The van der Waals surface area contributed by atoms with Gasteiger partial charge in [-0.3, -0.25) is 28.9 Å². The summed E-state index contributed by atoms with van der Waals surface area (Å²) >= 11 is 0. The third-order valence-electron chi connectivity index (χ3n) is 10.1. The minimum absolute atomic E-state index is 0.0391. The maximum atomic E-state index is 14.1. The van der Waals surface area contributed by atoms with Gasteiger partial charge in [-0.15, -0.1) is 0 Å². The Labute approximate surface area is 311 Å². The molecule has 0 radical (unpaired) electrons. The van der Waals surface area contributed by atoms with Crippen molar-refractivity contribution in [2.24, 2.45) is 23.3 Å². The van der Waals surface area contributed by atoms with E-state index in [1.165, 1.54) is 0 Å². The van der Waals surface area contributed by atoms with Gasteiger partial charge in [-0.1, -0.05) is 73.9 Å². The lowest BCUT2D eigenvalue weighted by atomic mass is 9.72. The number of carbonyl (C=O) groups is 5. The second-order valence-electron chi connectivity index (χ2n) is 15.3. The van der Waals surface area contributed by atoms with Gasteiger partial charge in [0, 0.05) is 24.0 Å². The van der Waals surface area contributed by atoms with E-state index in [2.05, 4.69) is 25.8 Å². The molecular weight excluding hydrogens is 674 g/mol. The molecule has 1 aromatic heterocycles. The molecule has 2 heterocycles. The Morgan fingerprint density at radius 1 is 0.925 bits per heavy atom. The number of carbonyl (C=O) groups excluding carboxylic acids is 5. The fraction of sp³-hybridized carbons (Fsp3) is 0.500. The van der Waals surface area contributed by atoms with Crippen molar-refractivity contribution < 1.29 is 28.7 Å². The van der Waals surface area contributed by atoms with Gasteiger partial charge in [-0.2, -0.15) is 0 Å². The van der Waals surface area contributed by atoms with Crippen molar-refractivity contribution in [2.45, 2.75) is 95.5 Å². The second-order valence-corrected chi connectivity index (χ2v) is 15.3. The van der Waals surface area contributed by atoms with E-state index >= 15 is 0 Å². The van der Waals surface area contributed by atoms with Crippen molar-refractivity contribution in [2.75, 3.05) is 19.6 Å². The lowest BCUT2D eigenvalue weighted by molar-refractivity contribution is -0.150. The van der Waals surface area contributed by atoms with Gasteiger partial charge in [0.05, 0.1) is 30.6 Å². The van der Waals surface area contributed by atoms with Crippen LogP contribution < -0.4 is 27.4 Å². The third-order valence-corrected chi connectivity index (χ3v) is 10.1. The summed E-state index contributed by atoms with van der Waals surface area (Å²) in [7, 11) is 0. The zero-order valence-electron chi connectivity index (χ0n) is 30.9. The first kappa shape index (κ1) is 39.3. The van der Waals surface area contributed by atoms with Crippen LogP contribution in [0.2, 0.25) is 0 Å². The summed E-state index contributed by atoms with van der Waals surface area (Å²) in [6, 6.07) is 17.0. The molecule has 7 N–H and O–H groups in total. The van der Waals surface area contributed by atoms with E-state index in [9.17, 15) is 24.0 Å². The largest absolute Gasteiger partial charge is 0.454 e. The summed E-state index contributed by atoms with van der Waals surface area (Å²) in [6.45, 7) is 6.62. The van der Waals surface area contributed by atoms with E-state index in [1.54, 1.807) is 48.5 Å². The Kier molecular flexibility index (Phi) is 13.2. The first-order chi connectivity index (χ1) is 25.3. The molecule has 13 heteroatoms. The number of nitrogens with one attached hydrogen (secondary N) is 3. The molecule has 0 bridgehead atoms. The van der Waals surface area contributed by atoms with E-state index in [0.29, 0.717) is 29.5 Å². The standard InChI is InChI=1S/C40H53N7O6/c1-40(2,3)46-39(52)33-21-27-14-7-8-15-28(27)24-47(33)20-19-30(36(53-35(49)23-41)26-12-5-4-6-13-26)44-38(51)32(22-34(42)48)45-37(50)31-18-17-25-11-9-10-16-29(25)43-31/h4-6,9-13,16-18,27-28,30,32-33,36H,7-8,14-15,19-24,41H2,1-3H3,(H2,42,48)(H,44,51)(H,45,50)(H,46,52)/t27-,28+,30-,32+,33-,36?/m0/s1. The van der Waals surface area contributed by atoms with Crippen molar-refractivity contribution in [3.8, 4) is 0 Å². The first-order valence-corrected chi connectivity index (χ1v) is 18.6. The number of aromatic nitrogens is 1. The molecule has 1 saturated carbocycles. The molecule has 1 aliphatic carbocycles. The molecular formula is C40H53N7O6. The highest BCUT2D eigenvalue weighted by molar-refractivity contribution is 5.99. The number of nitrogens with two attached hydrogens (primary N) is 2. The monoisotopic (exact) mass is 727 g/mol. The van der Waals surface area contributed by atoms with Gasteiger partial charge in [0.1, 0.15) is 17.8 Å². The fourth-order valence-corrected chi connectivity index (χ4v) is 7.61. The smallest absolute Gasteiger partial charge is 0.320 e. The van der Waals surface area contributed by atoms with Crippen molar-refractivity contribution in [1.29, 1.82) is 0 Å². The predicted molar refractivity (Wildman–Crippen MR) is 201 cm³/mol. The average molecular weight is 728 g/mol. The van der Waals surface area contributed by atoms with Crippen LogP contribution in [0.15, 0.2) is 66.7 Å². The van der Waals surface area contributed by atoms with E-state index in [1.807, 2.05) is 39.0 Å². The number of benzene rings is 2. The van der Waals surface area contributed by atoms with E-state index in [0.717, 1.165) is 44.0 Å². The molecule has 1 aliphatic heterocycles. The van der Waals surface area contributed by atoms with Crippen LogP contribution in [0.1, 0.15) is 87.9 Å². The number of likely N-dealkylation sites (tertiary alicyclic amines) is 1. The number of piperidine rings is 1. The summed E-state index contributed by atoms with van der Waals surface area (Å²) in [4.78, 5) is 72.9. The number of nitrogens with zero attached hydrogens (tertiary/aromatic N) is 2. The van der Waals surface area contributed by atoms with Crippen LogP contribution in [0.4, 0.5) is 0 Å². The number of primary amides is 1. The molecule has 6 atom stereocenters. The lowest BCUT2D eigenvalue weighted by Crippen LogP contribution is -2.58. The SMILES string of the molecule is CC(C)(C)NC(=O)[C@@H]1C[C@@H]2CCCC[C@@H]2CN1CC[C@H](NC(=O)[C@@H](CC(N)=O)NC(=O)c1ccc2ccccc2n1)C(OC(=O)CN)c1ccccc1. The molecule has 284 valence electrons. The molecule has 1 unspecified atom stereocenters. The number of esters is 1. The Hall–Kier alpha value is -4.88. The molecule has 53 heavy (non-hydrogen) atoms. The van der Waals surface area contributed by atoms with Crippen LogP contribution in [0.5, 0.6) is 0 Å². The van der Waals surface area contributed by atoms with Crippen LogP contribution in [0.3, 0.4) is 0 Å². The summed E-state index contributed by atoms with van der Waals surface area (Å²) in [6.07, 6.45) is 4.05. The van der Waals surface area contributed by atoms with E-state index < -0.39 is 53.8 Å². The van der Waals surface area contributed by atoms with Gasteiger partial charge in [-0.25, -0.2) is 4.98 Å². The number of rotatable bonds is 14. The van der Waals surface area contributed by atoms with Crippen molar-refractivity contribution in [3.05, 3.63) is 78.0 Å². The number of fused-ring (bicyclic) bond motifs is 2. The summed E-state index contributed by atoms with van der Waals surface area (Å²) in [5.74, 6) is -1.95. The van der Waals surface area contributed by atoms with Crippen LogP contribution in [-0.2, 0) is 23.9 Å². The lowest BCUT2D eigenvalue weighted by Gasteiger charge is -2.46. The maximum Gasteiger partial charge on any atom is 0.320 e. The second kappa shape index (κ2) is 17.8. The number of pyridine rings is 1. The number of amides is 4. The quantitative estimate of drug-likeness (QED) is 0.155. The highest BCUT2D eigenvalue weighted by atomic mass is 16.5. The zero-order valence-corrected chi connectivity index (χ0v) is 30.9. The topological polar surface area (TPSA) is 199 Å². The van der Waals surface area contributed by atoms with Gasteiger partial charge in [0.25, 0.3) is 5.91 Å². The number of hydrogen-bond acceptors (Lipinski definition) is 9. The molecule has 5 rings (SSSR count). The normalized spacial score (nSPS) is 20.6. The maximum absolute atomic E-state index is 14.1. The summed E-state index contributed by atoms with van der Waals surface area (Å²) in [5, 5.41) is 9.63. The van der Waals surface area contributed by atoms with Crippen LogP contribution in [0, 0.1) is 11.8 Å². The predicted octanol–water partition coefficient (Wildman–Crippen LogP) is 3.12. The molecule has 1 saturated heterocycles. The average Bonchev–Trinajstić information content (AvgIpc) is 3.13. The molecule has 4 amide bonds. The van der Waals surface area contributed by atoms with Gasteiger partial charge in [-0.05, 0) is 69.6 Å². The number of hydrogen-bond donors (Lipinski definition) is 5. The number of ether oxygens (including phenoxy) is 1. The third kappa shape index (κ3) is 10.8. The minimum atomic E-state index is -1.36. The molecule has 2 aliphatic rings. The molecule has 13 nitrogen and oxygen atoms in total. The van der Waals surface area contributed by atoms with Gasteiger partial charge in [0.2, 0.25) is 17.7 Å². The van der Waals surface area contributed by atoms with Gasteiger partial charge in [0.15, 0.2) is 0 Å². The Morgan fingerprint density at radius 3 is 2.32 bits per heavy atom. The van der Waals surface area contributed by atoms with Crippen molar-refractivity contribution in [1.82, 2.24) is 25.8 Å². The van der Waals surface area contributed by atoms with Gasteiger partial charge < -0.3 is 32.2 Å². The van der Waals surface area contributed by atoms with Crippen LogP contribution >= 0.6 is 0 Å². The first-order valence-electron chi connectivity index (χ1n) is 18.6. The fourth-order valence-electron chi connectivity index (χ4n) is 7.61. The van der Waals surface area contributed by atoms with Crippen molar-refractivity contribution >= 4 is 40.5 Å². The molecule has 2 aromatic carbocycles. The van der Waals surface area contributed by atoms with Crippen LogP contribution in [0.25, 0.3) is 10.9 Å². The molecule has 0 spiro atoms. The minimum Gasteiger partial charge on any atom is -0.454 e. The molecule has 2 fully saturated rings. The highest BCUT2D eigenvalue weighted by Crippen LogP contribution is 2.39. The summed E-state index contributed by atoms with van der Waals surface area (Å²) in [5.41, 5.74) is 12.1. The Bertz CT molecular complexity index is 1760. The van der Waals surface area contributed by atoms with Gasteiger partial charge >= 0.3 is 5.97 Å². The van der Waals surface area contributed by atoms with Crippen LogP contribution in [-0.4, -0.2) is 82.8 Å². The summed E-state index contributed by atoms with van der Waals surface area (Å²) < 4.78 is 5.90. The van der Waals surface area contributed by atoms with Crippen molar-refractivity contribution in [3.63, 3.8) is 0 Å². The van der Waals surface area contributed by atoms with E-state index in [-0.39, 0.29) is 30.6 Å². The Morgan fingerprint density at radius 2 is 1.62 bits per heavy atom. The van der Waals surface area contributed by atoms with E-state index in [4.69, 9.17) is 16.2 Å². The number of para-hydroxylation sites is 1.